The first-order valence-corrected chi connectivity index (χ1v) is 5.02. The maximum Gasteiger partial charge on any atom is 0.157 e. The maximum atomic E-state index is 8.97. The van der Waals surface area contributed by atoms with Crippen LogP contribution in [0.2, 0.25) is 0 Å². The highest BCUT2D eigenvalue weighted by Crippen LogP contribution is 2.26. The van der Waals surface area contributed by atoms with Crippen LogP contribution in [-0.2, 0) is 0 Å². The lowest BCUT2D eigenvalue weighted by Gasteiger charge is -2.13. The third-order valence-electron chi connectivity index (χ3n) is 1.88. The Morgan fingerprint density at radius 3 is 3.00 bits per heavy atom. The number of nitrogen functional groups attached to an aromatic ring is 1. The van der Waals surface area contributed by atoms with Crippen LogP contribution < -0.4 is 11.1 Å². The van der Waals surface area contributed by atoms with E-state index < -0.39 is 0 Å². The van der Waals surface area contributed by atoms with E-state index in [9.17, 15) is 0 Å². The summed E-state index contributed by atoms with van der Waals surface area (Å²) in [4.78, 5) is 0. The number of hydrogen-bond acceptors (Lipinski definition) is 6. The minimum absolute atomic E-state index is 0.0270. The fraction of sp³-hybridized carbons (Fsp3) is 0.500. The van der Waals surface area contributed by atoms with Gasteiger partial charge in [0.1, 0.15) is 16.6 Å². The van der Waals surface area contributed by atoms with Crippen molar-refractivity contribution in [2.45, 2.75) is 19.4 Å². The monoisotopic (exact) mass is 212 g/mol. The highest BCUT2D eigenvalue weighted by Gasteiger charge is 2.13. The van der Waals surface area contributed by atoms with Crippen molar-refractivity contribution < 1.29 is 5.11 Å². The van der Waals surface area contributed by atoms with Crippen molar-refractivity contribution in [3.8, 4) is 6.07 Å². The van der Waals surface area contributed by atoms with Gasteiger partial charge >= 0.3 is 0 Å². The van der Waals surface area contributed by atoms with Crippen LogP contribution in [0.25, 0.3) is 0 Å². The summed E-state index contributed by atoms with van der Waals surface area (Å²) in [6, 6.07) is 1.92. The topological polar surface area (TPSA) is 95.0 Å². The molecule has 6 heteroatoms. The summed E-state index contributed by atoms with van der Waals surface area (Å²) in [5, 5.41) is 21.4. The number of nitrogens with two attached hydrogens (primary N) is 1. The molecule has 14 heavy (non-hydrogen) atoms. The minimum Gasteiger partial charge on any atom is -0.394 e. The van der Waals surface area contributed by atoms with Crippen molar-refractivity contribution in [1.29, 1.82) is 5.26 Å². The molecule has 0 amide bonds. The minimum atomic E-state index is -0.0538. The SMILES string of the molecule is CCC(CO)Nc1snc(N)c1C#N. The zero-order valence-electron chi connectivity index (χ0n) is 7.82. The maximum absolute atomic E-state index is 8.97. The molecule has 1 aromatic rings. The second-order valence-corrected chi connectivity index (χ2v) is 3.59. The number of rotatable bonds is 4. The van der Waals surface area contributed by atoms with Gasteiger partial charge in [-0.15, -0.1) is 0 Å². The molecule has 0 saturated heterocycles. The van der Waals surface area contributed by atoms with E-state index in [-0.39, 0.29) is 18.5 Å². The molecule has 1 heterocycles. The number of nitrogens with zero attached hydrogens (tertiary/aromatic N) is 2. The van der Waals surface area contributed by atoms with Crippen LogP contribution >= 0.6 is 11.5 Å². The molecule has 0 fully saturated rings. The largest absolute Gasteiger partial charge is 0.394 e. The number of nitriles is 1. The fourth-order valence-corrected chi connectivity index (χ4v) is 1.71. The molecule has 0 aliphatic carbocycles. The summed E-state index contributed by atoms with van der Waals surface area (Å²) >= 11 is 1.14. The smallest absolute Gasteiger partial charge is 0.157 e. The van der Waals surface area contributed by atoms with E-state index in [4.69, 9.17) is 16.1 Å². The zero-order valence-corrected chi connectivity index (χ0v) is 8.64. The van der Waals surface area contributed by atoms with Crippen molar-refractivity contribution in [3.63, 3.8) is 0 Å². The third kappa shape index (κ3) is 2.13. The Labute approximate surface area is 86.3 Å². The summed E-state index contributed by atoms with van der Waals surface area (Å²) in [6.45, 7) is 1.98. The highest BCUT2D eigenvalue weighted by molar-refractivity contribution is 7.10. The molecular formula is C8H12N4OS. The van der Waals surface area contributed by atoms with Crippen molar-refractivity contribution >= 4 is 22.4 Å². The van der Waals surface area contributed by atoms with Gasteiger partial charge in [-0.3, -0.25) is 0 Å². The summed E-state index contributed by atoms with van der Waals surface area (Å²) in [7, 11) is 0. The Bertz CT molecular complexity index is 340. The van der Waals surface area contributed by atoms with E-state index in [1.807, 2.05) is 13.0 Å². The Morgan fingerprint density at radius 1 is 1.79 bits per heavy atom. The van der Waals surface area contributed by atoms with Crippen molar-refractivity contribution in [1.82, 2.24) is 4.37 Å². The quantitative estimate of drug-likeness (QED) is 0.685. The summed E-state index contributed by atoms with van der Waals surface area (Å²) in [5.41, 5.74) is 5.85. The molecule has 0 bridgehead atoms. The lowest BCUT2D eigenvalue weighted by molar-refractivity contribution is 0.272. The number of aliphatic hydroxyl groups excluding tert-OH is 1. The second-order valence-electron chi connectivity index (χ2n) is 2.82. The predicted octanol–water partition coefficient (Wildman–Crippen LogP) is 0.780. The van der Waals surface area contributed by atoms with Crippen molar-refractivity contribution in [3.05, 3.63) is 5.56 Å². The van der Waals surface area contributed by atoms with Gasteiger partial charge in [0.25, 0.3) is 0 Å². The van der Waals surface area contributed by atoms with Crippen LogP contribution in [0.1, 0.15) is 18.9 Å². The van der Waals surface area contributed by atoms with Gasteiger partial charge in [-0.25, -0.2) is 0 Å². The predicted molar refractivity (Wildman–Crippen MR) is 56.0 cm³/mol. The van der Waals surface area contributed by atoms with Gasteiger partial charge in [0.05, 0.1) is 6.61 Å². The average molecular weight is 212 g/mol. The van der Waals surface area contributed by atoms with E-state index in [0.717, 1.165) is 18.0 Å². The van der Waals surface area contributed by atoms with Gasteiger partial charge in [-0.2, -0.15) is 9.64 Å². The second kappa shape index (κ2) is 4.79. The number of anilines is 2. The zero-order chi connectivity index (χ0) is 10.6. The lowest BCUT2D eigenvalue weighted by Crippen LogP contribution is -2.22. The number of nitrogens with one attached hydrogen (secondary N) is 1. The van der Waals surface area contributed by atoms with Crippen LogP contribution in [0, 0.1) is 11.3 Å². The Hall–Kier alpha value is -1.32. The third-order valence-corrected chi connectivity index (χ3v) is 2.67. The van der Waals surface area contributed by atoms with Gasteiger partial charge in [0, 0.05) is 6.04 Å². The summed E-state index contributed by atoms with van der Waals surface area (Å²) in [6.07, 6.45) is 0.777. The van der Waals surface area contributed by atoms with Crippen LogP contribution in [0.15, 0.2) is 0 Å². The first-order chi connectivity index (χ1) is 6.72. The molecule has 0 radical (unpaired) electrons. The molecule has 0 saturated carbocycles. The van der Waals surface area contributed by atoms with Gasteiger partial charge in [-0.1, -0.05) is 6.92 Å². The molecule has 5 nitrogen and oxygen atoms in total. The van der Waals surface area contributed by atoms with E-state index >= 15 is 0 Å². The van der Waals surface area contributed by atoms with E-state index in [2.05, 4.69) is 9.69 Å². The van der Waals surface area contributed by atoms with E-state index in [0.29, 0.717) is 10.6 Å². The first kappa shape index (κ1) is 10.8. The van der Waals surface area contributed by atoms with E-state index in [1.54, 1.807) is 0 Å². The standard InChI is InChI=1S/C8H12N4OS/c1-2-5(4-13)11-8-6(3-9)7(10)12-14-8/h5,11,13H,2,4H2,1H3,(H2,10,12). The van der Waals surface area contributed by atoms with Crippen LogP contribution in [0.4, 0.5) is 10.8 Å². The molecule has 76 valence electrons. The molecule has 1 unspecified atom stereocenters. The lowest BCUT2D eigenvalue weighted by atomic mass is 10.2. The van der Waals surface area contributed by atoms with Crippen LogP contribution in [-0.4, -0.2) is 22.1 Å². The summed E-state index contributed by atoms with van der Waals surface area (Å²) < 4.78 is 3.86. The van der Waals surface area contributed by atoms with Crippen molar-refractivity contribution in [2.75, 3.05) is 17.7 Å². The molecule has 1 rings (SSSR count). The van der Waals surface area contributed by atoms with E-state index in [1.165, 1.54) is 0 Å². The number of aliphatic hydroxyl groups is 1. The Balaban J connectivity index is 2.81. The molecule has 1 atom stereocenters. The molecule has 0 aliphatic rings. The number of hydrogen-bond donors (Lipinski definition) is 3. The molecule has 1 aromatic heterocycles. The number of aromatic nitrogens is 1. The molecule has 0 spiro atoms. The van der Waals surface area contributed by atoms with Gasteiger partial charge in [0.15, 0.2) is 5.82 Å². The Morgan fingerprint density at radius 2 is 2.50 bits per heavy atom. The first-order valence-electron chi connectivity index (χ1n) is 4.25. The molecule has 0 aromatic carbocycles. The highest BCUT2D eigenvalue weighted by atomic mass is 32.1. The molecule has 0 aliphatic heterocycles. The van der Waals surface area contributed by atoms with Gasteiger partial charge in [-0.05, 0) is 18.0 Å². The Kier molecular flexibility index (Phi) is 3.68. The van der Waals surface area contributed by atoms with Crippen LogP contribution in [0.5, 0.6) is 0 Å². The normalized spacial score (nSPS) is 12.1. The van der Waals surface area contributed by atoms with Gasteiger partial charge in [0.2, 0.25) is 0 Å². The fourth-order valence-electron chi connectivity index (χ4n) is 0.971. The van der Waals surface area contributed by atoms with Crippen LogP contribution in [0.3, 0.4) is 0 Å². The molecule has 4 N–H and O–H groups in total. The average Bonchev–Trinajstić information content (AvgIpc) is 2.55. The van der Waals surface area contributed by atoms with Gasteiger partial charge < -0.3 is 16.2 Å². The molecular weight excluding hydrogens is 200 g/mol. The summed E-state index contributed by atoms with van der Waals surface area (Å²) in [5.74, 6) is 0.243. The van der Waals surface area contributed by atoms with Crippen molar-refractivity contribution in [2.24, 2.45) is 0 Å².